The van der Waals surface area contributed by atoms with E-state index in [1.807, 2.05) is 13.8 Å². The molecule has 1 N–H and O–H groups in total. The van der Waals surface area contributed by atoms with Crippen LogP contribution in [0.3, 0.4) is 0 Å². The second-order valence-corrected chi connectivity index (χ2v) is 7.26. The molecule has 0 aliphatic carbocycles. The van der Waals surface area contributed by atoms with Crippen LogP contribution in [0.15, 0.2) is 30.3 Å². The molecule has 0 amide bonds. The molecule has 0 saturated carbocycles. The van der Waals surface area contributed by atoms with Gasteiger partial charge in [-0.2, -0.15) is 0 Å². The zero-order valence-corrected chi connectivity index (χ0v) is 15.2. The number of benzene rings is 1. The molecule has 2 saturated heterocycles. The second kappa shape index (κ2) is 6.73. The van der Waals surface area contributed by atoms with Crippen molar-refractivity contribution in [2.24, 2.45) is 0 Å². The van der Waals surface area contributed by atoms with E-state index in [4.69, 9.17) is 4.74 Å². The Morgan fingerprint density at radius 1 is 1.04 bits per heavy atom. The van der Waals surface area contributed by atoms with Gasteiger partial charge in [0.2, 0.25) is 5.95 Å². The minimum Gasteiger partial charge on any atom is -0.371 e. The summed E-state index contributed by atoms with van der Waals surface area (Å²) in [6.07, 6.45) is 1.26. The second-order valence-electron chi connectivity index (χ2n) is 7.26. The summed E-state index contributed by atoms with van der Waals surface area (Å²) in [7, 11) is 0. The van der Waals surface area contributed by atoms with Crippen molar-refractivity contribution >= 4 is 5.95 Å². The topological polar surface area (TPSA) is 50.3 Å². The Balaban J connectivity index is 1.41. The summed E-state index contributed by atoms with van der Waals surface area (Å²) in [5.74, 6) is 0.756. The highest BCUT2D eigenvalue weighted by Gasteiger charge is 2.38. The van der Waals surface area contributed by atoms with Gasteiger partial charge in [-0.1, -0.05) is 30.3 Å². The normalized spacial score (nSPS) is 26.4. The van der Waals surface area contributed by atoms with E-state index in [1.165, 1.54) is 11.1 Å². The molecular weight excluding hydrogens is 312 g/mol. The monoisotopic (exact) mass is 338 g/mol. The number of ether oxygens (including phenoxy) is 1. The molecule has 1 aromatic carbocycles. The molecule has 4 rings (SSSR count). The quantitative estimate of drug-likeness (QED) is 0.932. The highest BCUT2D eigenvalue weighted by atomic mass is 16.5. The van der Waals surface area contributed by atoms with Crippen molar-refractivity contribution in [2.75, 3.05) is 25.0 Å². The maximum atomic E-state index is 6.13. The predicted octanol–water partition coefficient (Wildman–Crippen LogP) is 3.03. The van der Waals surface area contributed by atoms with Crippen molar-refractivity contribution in [3.63, 3.8) is 0 Å². The molecule has 2 aliphatic rings. The van der Waals surface area contributed by atoms with E-state index in [1.54, 1.807) is 0 Å². The van der Waals surface area contributed by atoms with Gasteiger partial charge in [-0.3, -0.25) is 4.90 Å². The van der Waals surface area contributed by atoms with Crippen LogP contribution < -0.4 is 5.32 Å². The van der Waals surface area contributed by atoms with Crippen molar-refractivity contribution in [2.45, 2.75) is 45.4 Å². The summed E-state index contributed by atoms with van der Waals surface area (Å²) in [6.45, 7) is 8.94. The lowest BCUT2D eigenvalue weighted by Gasteiger charge is -2.35. The Bertz CT molecular complexity index is 726. The third kappa shape index (κ3) is 3.39. The van der Waals surface area contributed by atoms with E-state index in [9.17, 15) is 0 Å². The lowest BCUT2D eigenvalue weighted by molar-refractivity contribution is -0.0501. The van der Waals surface area contributed by atoms with Crippen molar-refractivity contribution in [3.05, 3.63) is 52.8 Å². The average Bonchev–Trinajstić information content (AvgIpc) is 3.01. The number of aryl methyl sites for hydroxylation is 2. The van der Waals surface area contributed by atoms with Crippen LogP contribution in [-0.4, -0.2) is 46.6 Å². The molecule has 5 nitrogen and oxygen atoms in total. The van der Waals surface area contributed by atoms with Gasteiger partial charge in [0.25, 0.3) is 0 Å². The Labute approximate surface area is 149 Å². The zero-order chi connectivity index (χ0) is 17.4. The number of morpholine rings is 1. The van der Waals surface area contributed by atoms with E-state index < -0.39 is 0 Å². The first-order valence-corrected chi connectivity index (χ1v) is 9.09. The van der Waals surface area contributed by atoms with Crippen LogP contribution in [0.25, 0.3) is 0 Å². The average molecular weight is 338 g/mol. The third-order valence-corrected chi connectivity index (χ3v) is 5.56. The predicted molar refractivity (Wildman–Crippen MR) is 98.8 cm³/mol. The van der Waals surface area contributed by atoms with E-state index in [-0.39, 0.29) is 6.10 Å². The highest BCUT2D eigenvalue weighted by Crippen LogP contribution is 2.31. The van der Waals surface area contributed by atoms with Crippen molar-refractivity contribution in [3.8, 4) is 0 Å². The first-order valence-electron chi connectivity index (χ1n) is 9.09. The maximum Gasteiger partial charge on any atom is 0.223 e. The van der Waals surface area contributed by atoms with Crippen molar-refractivity contribution < 1.29 is 4.74 Å². The fraction of sp³-hybridized carbons (Fsp3) is 0.500. The summed E-state index contributed by atoms with van der Waals surface area (Å²) in [5, 5.41) is 3.54. The molecule has 3 atom stereocenters. The lowest BCUT2D eigenvalue weighted by Crippen LogP contribution is -2.42. The van der Waals surface area contributed by atoms with Crippen LogP contribution in [0.4, 0.5) is 5.95 Å². The summed E-state index contributed by atoms with van der Waals surface area (Å²) in [5.41, 5.74) is 4.55. The van der Waals surface area contributed by atoms with E-state index in [0.717, 1.165) is 43.5 Å². The number of aromatic nitrogens is 2. The van der Waals surface area contributed by atoms with Gasteiger partial charge in [-0.25, -0.2) is 9.97 Å². The van der Waals surface area contributed by atoms with Crippen LogP contribution >= 0.6 is 0 Å². The Hall–Kier alpha value is -1.98. The lowest BCUT2D eigenvalue weighted by atomic mass is 10.1. The largest absolute Gasteiger partial charge is 0.371 e. The first-order chi connectivity index (χ1) is 12.1. The smallest absolute Gasteiger partial charge is 0.223 e. The molecule has 2 aromatic rings. The zero-order valence-electron chi connectivity index (χ0n) is 15.2. The summed E-state index contributed by atoms with van der Waals surface area (Å²) in [4.78, 5) is 11.8. The fourth-order valence-electron chi connectivity index (χ4n) is 3.87. The van der Waals surface area contributed by atoms with Crippen LogP contribution in [-0.2, 0) is 4.74 Å². The number of nitrogens with zero attached hydrogens (tertiary/aromatic N) is 3. The van der Waals surface area contributed by atoms with Gasteiger partial charge in [0.15, 0.2) is 0 Å². The number of rotatable bonds is 3. The third-order valence-electron chi connectivity index (χ3n) is 5.56. The Morgan fingerprint density at radius 3 is 2.48 bits per heavy atom. The summed E-state index contributed by atoms with van der Waals surface area (Å²) < 4.78 is 6.13. The molecular formula is C20H26N4O. The molecule has 132 valence electrons. The van der Waals surface area contributed by atoms with Gasteiger partial charge in [0.1, 0.15) is 0 Å². The molecule has 0 spiro atoms. The molecule has 0 radical (unpaired) electrons. The highest BCUT2D eigenvalue weighted by molar-refractivity contribution is 5.34. The minimum absolute atomic E-state index is 0.177. The van der Waals surface area contributed by atoms with Crippen LogP contribution in [0.1, 0.15) is 35.0 Å². The summed E-state index contributed by atoms with van der Waals surface area (Å²) in [6, 6.07) is 11.4. The van der Waals surface area contributed by atoms with Crippen LogP contribution in [0, 0.1) is 20.8 Å². The van der Waals surface area contributed by atoms with E-state index in [2.05, 4.69) is 57.4 Å². The van der Waals surface area contributed by atoms with Gasteiger partial charge >= 0.3 is 0 Å². The molecule has 25 heavy (non-hydrogen) atoms. The molecule has 5 heteroatoms. The van der Waals surface area contributed by atoms with Crippen molar-refractivity contribution in [1.29, 1.82) is 0 Å². The maximum absolute atomic E-state index is 6.13. The van der Waals surface area contributed by atoms with Crippen LogP contribution in [0.2, 0.25) is 0 Å². The Morgan fingerprint density at radius 2 is 1.76 bits per heavy atom. The number of hydrogen-bond acceptors (Lipinski definition) is 5. The van der Waals surface area contributed by atoms with E-state index >= 15 is 0 Å². The standard InChI is InChI=1S/C20H26N4O/c1-13-14(2)21-20(22-15(13)3)23-17-9-18-12-25-19(11-24(18)10-17)16-7-5-4-6-8-16/h4-8,17-19H,9-12H2,1-3H3,(H,21,22,23)/t17-,18-,19+/m0/s1. The van der Waals surface area contributed by atoms with Gasteiger partial charge < -0.3 is 10.1 Å². The molecule has 0 unspecified atom stereocenters. The fourth-order valence-corrected chi connectivity index (χ4v) is 3.87. The van der Waals surface area contributed by atoms with E-state index in [0.29, 0.717) is 12.1 Å². The molecule has 3 heterocycles. The van der Waals surface area contributed by atoms with Crippen LogP contribution in [0.5, 0.6) is 0 Å². The molecule has 2 aliphatic heterocycles. The number of fused-ring (bicyclic) bond motifs is 1. The number of nitrogens with one attached hydrogen (secondary N) is 1. The minimum atomic E-state index is 0.177. The van der Waals surface area contributed by atoms with Gasteiger partial charge in [0, 0.05) is 36.6 Å². The van der Waals surface area contributed by atoms with Gasteiger partial charge in [0.05, 0.1) is 12.7 Å². The molecule has 2 fully saturated rings. The first kappa shape index (κ1) is 16.5. The van der Waals surface area contributed by atoms with Gasteiger partial charge in [-0.15, -0.1) is 0 Å². The van der Waals surface area contributed by atoms with Crippen molar-refractivity contribution in [1.82, 2.24) is 14.9 Å². The van der Waals surface area contributed by atoms with Gasteiger partial charge in [-0.05, 0) is 38.3 Å². The number of hydrogen-bond donors (Lipinski definition) is 1. The Kier molecular flexibility index (Phi) is 4.44. The summed E-state index contributed by atoms with van der Waals surface area (Å²) >= 11 is 0. The molecule has 0 bridgehead atoms. The SMILES string of the molecule is Cc1nc(N[C@H]2C[C@H]3CO[C@@H](c4ccccc4)CN3C2)nc(C)c1C. The number of anilines is 1. The molecule has 1 aromatic heterocycles.